The smallest absolute Gasteiger partial charge is 0.269 e. The van der Waals surface area contributed by atoms with Crippen LogP contribution in [0.15, 0.2) is 0 Å². The lowest BCUT2D eigenvalue weighted by molar-refractivity contribution is -0.00740. The van der Waals surface area contributed by atoms with Gasteiger partial charge in [0.25, 0.3) is 5.91 Å². The highest BCUT2D eigenvalue weighted by atomic mass is 16.5. The maximum atomic E-state index is 12.8. The van der Waals surface area contributed by atoms with Gasteiger partial charge in [0.15, 0.2) is 0 Å². The topological polar surface area (TPSA) is 76.4 Å². The highest BCUT2D eigenvalue weighted by molar-refractivity contribution is 5.94. The fourth-order valence-electron chi connectivity index (χ4n) is 4.24. The van der Waals surface area contributed by atoms with Gasteiger partial charge in [-0.05, 0) is 51.4 Å². The molecule has 2 aliphatic carbocycles. The summed E-state index contributed by atoms with van der Waals surface area (Å²) >= 11 is 0. The van der Waals surface area contributed by atoms with Crippen LogP contribution < -0.4 is 5.32 Å². The molecule has 0 aromatic carbocycles. The monoisotopic (exact) mass is 333 g/mol. The number of amides is 1. The van der Waals surface area contributed by atoms with Crippen LogP contribution in [-0.2, 0) is 18.2 Å². The van der Waals surface area contributed by atoms with Crippen LogP contribution in [-0.4, -0.2) is 39.0 Å². The second-order valence-corrected chi connectivity index (χ2v) is 7.85. The molecule has 1 aromatic heterocycles. The summed E-state index contributed by atoms with van der Waals surface area (Å²) < 4.78 is 7.46. The van der Waals surface area contributed by atoms with Crippen molar-refractivity contribution in [3.05, 3.63) is 17.0 Å². The Bertz CT molecular complexity index is 649. The average molecular weight is 333 g/mol. The Morgan fingerprint density at radius 2 is 1.96 bits per heavy atom. The Balaban J connectivity index is 1.53. The first kappa shape index (κ1) is 16.1. The number of nitrogens with zero attached hydrogens (tertiary/aromatic N) is 2. The summed E-state index contributed by atoms with van der Waals surface area (Å²) in [5.41, 5.74) is 1.75. The van der Waals surface area contributed by atoms with E-state index in [-0.39, 0.29) is 18.1 Å². The SMILES string of the molecule is C[C@@H]1Cc2c(nn(C)c2C(=O)NCC(O)(C2CC2)C2CC2)[C@H](C)O1. The maximum Gasteiger partial charge on any atom is 0.269 e. The Morgan fingerprint density at radius 3 is 2.54 bits per heavy atom. The molecule has 1 aromatic rings. The molecule has 2 saturated carbocycles. The van der Waals surface area contributed by atoms with Crippen molar-refractivity contribution in [3.63, 3.8) is 0 Å². The number of nitrogens with one attached hydrogen (secondary N) is 1. The third kappa shape index (κ3) is 2.65. The Kier molecular flexibility index (Phi) is 3.73. The molecule has 2 N–H and O–H groups in total. The van der Waals surface area contributed by atoms with Crippen molar-refractivity contribution < 1.29 is 14.6 Å². The average Bonchev–Trinajstić information content (AvgIpc) is 3.40. The van der Waals surface area contributed by atoms with E-state index in [4.69, 9.17) is 4.74 Å². The third-order valence-electron chi connectivity index (χ3n) is 5.81. The van der Waals surface area contributed by atoms with Crippen molar-refractivity contribution in [2.45, 2.75) is 63.8 Å². The lowest BCUT2D eigenvalue weighted by Crippen LogP contribution is -2.47. The van der Waals surface area contributed by atoms with Crippen LogP contribution in [0.5, 0.6) is 0 Å². The maximum absolute atomic E-state index is 12.8. The minimum absolute atomic E-state index is 0.0816. The zero-order valence-corrected chi connectivity index (χ0v) is 14.7. The molecule has 2 fully saturated rings. The molecule has 6 nitrogen and oxygen atoms in total. The first-order chi connectivity index (χ1) is 11.4. The zero-order chi connectivity index (χ0) is 17.1. The molecule has 0 spiro atoms. The van der Waals surface area contributed by atoms with Gasteiger partial charge < -0.3 is 15.2 Å². The minimum atomic E-state index is -0.710. The molecule has 132 valence electrons. The van der Waals surface area contributed by atoms with Crippen molar-refractivity contribution in [2.24, 2.45) is 18.9 Å². The normalized spacial score (nSPS) is 27.0. The summed E-state index contributed by atoms with van der Waals surface area (Å²) in [5.74, 6) is 0.589. The number of carbonyl (C=O) groups excluding carboxylic acids is 1. The largest absolute Gasteiger partial charge is 0.387 e. The van der Waals surface area contributed by atoms with E-state index in [0.717, 1.165) is 36.9 Å². The number of hydrogen-bond acceptors (Lipinski definition) is 4. The molecule has 0 radical (unpaired) electrons. The van der Waals surface area contributed by atoms with E-state index in [1.807, 2.05) is 13.8 Å². The van der Waals surface area contributed by atoms with Gasteiger partial charge in [-0.15, -0.1) is 0 Å². The zero-order valence-electron chi connectivity index (χ0n) is 14.7. The number of aliphatic hydroxyl groups is 1. The van der Waals surface area contributed by atoms with Crippen LogP contribution in [0.1, 0.15) is 67.4 Å². The van der Waals surface area contributed by atoms with Crippen molar-refractivity contribution in [2.75, 3.05) is 6.54 Å². The van der Waals surface area contributed by atoms with Gasteiger partial charge in [-0.2, -0.15) is 5.10 Å². The summed E-state index contributed by atoms with van der Waals surface area (Å²) in [6, 6.07) is 0. The molecular weight excluding hydrogens is 306 g/mol. The molecule has 2 atom stereocenters. The molecule has 6 heteroatoms. The molecule has 1 amide bonds. The van der Waals surface area contributed by atoms with Crippen LogP contribution in [0.25, 0.3) is 0 Å². The minimum Gasteiger partial charge on any atom is -0.387 e. The molecule has 1 aliphatic heterocycles. The van der Waals surface area contributed by atoms with Gasteiger partial charge in [0, 0.05) is 25.6 Å². The van der Waals surface area contributed by atoms with Crippen LogP contribution in [0, 0.1) is 11.8 Å². The second-order valence-electron chi connectivity index (χ2n) is 7.85. The van der Waals surface area contributed by atoms with E-state index in [1.165, 1.54) is 0 Å². The molecule has 24 heavy (non-hydrogen) atoms. The number of rotatable bonds is 5. The number of fused-ring (bicyclic) bond motifs is 1. The Morgan fingerprint density at radius 1 is 1.33 bits per heavy atom. The molecular formula is C18H27N3O3. The summed E-state index contributed by atoms with van der Waals surface area (Å²) in [5, 5.41) is 18.5. The van der Waals surface area contributed by atoms with E-state index in [9.17, 15) is 9.90 Å². The van der Waals surface area contributed by atoms with Gasteiger partial charge >= 0.3 is 0 Å². The van der Waals surface area contributed by atoms with E-state index < -0.39 is 5.60 Å². The summed E-state index contributed by atoms with van der Waals surface area (Å²) in [7, 11) is 1.80. The lowest BCUT2D eigenvalue weighted by atomic mass is 9.91. The van der Waals surface area contributed by atoms with Crippen LogP contribution >= 0.6 is 0 Å². The molecule has 3 aliphatic rings. The first-order valence-electron chi connectivity index (χ1n) is 9.12. The fraction of sp³-hybridized carbons (Fsp3) is 0.778. The Labute approximate surface area is 142 Å². The van der Waals surface area contributed by atoms with Gasteiger partial charge in [0.2, 0.25) is 0 Å². The molecule has 2 heterocycles. The predicted molar refractivity (Wildman–Crippen MR) is 88.6 cm³/mol. The summed E-state index contributed by atoms with van der Waals surface area (Å²) in [6.07, 6.45) is 5.01. The number of carbonyl (C=O) groups is 1. The van der Waals surface area contributed by atoms with Gasteiger partial charge in [0.05, 0.1) is 23.5 Å². The summed E-state index contributed by atoms with van der Waals surface area (Å²) in [6.45, 7) is 4.35. The molecule has 0 unspecified atom stereocenters. The predicted octanol–water partition coefficient (Wildman–Crippen LogP) is 1.72. The number of ether oxygens (including phenoxy) is 1. The second kappa shape index (κ2) is 5.56. The van der Waals surface area contributed by atoms with Gasteiger partial charge in [0.1, 0.15) is 5.69 Å². The molecule has 0 bridgehead atoms. The molecule has 0 saturated heterocycles. The Hall–Kier alpha value is -1.40. The third-order valence-corrected chi connectivity index (χ3v) is 5.81. The van der Waals surface area contributed by atoms with Crippen LogP contribution in [0.3, 0.4) is 0 Å². The van der Waals surface area contributed by atoms with Gasteiger partial charge in [-0.3, -0.25) is 9.48 Å². The van der Waals surface area contributed by atoms with Crippen molar-refractivity contribution in [1.82, 2.24) is 15.1 Å². The summed E-state index contributed by atoms with van der Waals surface area (Å²) in [4.78, 5) is 12.8. The van der Waals surface area contributed by atoms with Crippen LogP contribution in [0.4, 0.5) is 0 Å². The van der Waals surface area contributed by atoms with Crippen molar-refractivity contribution in [3.8, 4) is 0 Å². The van der Waals surface area contributed by atoms with E-state index in [2.05, 4.69) is 10.4 Å². The van der Waals surface area contributed by atoms with Crippen molar-refractivity contribution >= 4 is 5.91 Å². The highest BCUT2D eigenvalue weighted by Gasteiger charge is 2.53. The molecule has 4 rings (SSSR count). The van der Waals surface area contributed by atoms with E-state index >= 15 is 0 Å². The van der Waals surface area contributed by atoms with E-state index in [0.29, 0.717) is 30.5 Å². The number of aromatic nitrogens is 2. The number of hydrogen-bond donors (Lipinski definition) is 2. The number of aryl methyl sites for hydroxylation is 1. The van der Waals surface area contributed by atoms with Crippen molar-refractivity contribution in [1.29, 1.82) is 0 Å². The van der Waals surface area contributed by atoms with E-state index in [1.54, 1.807) is 11.7 Å². The standard InChI is InChI=1S/C18H27N3O3/c1-10-8-14-15(11(2)24-10)20-21(3)16(14)17(22)19-9-18(23,12-4-5-12)13-6-7-13/h10-13,23H,4-9H2,1-3H3,(H,19,22)/t10-,11+/m1/s1. The highest BCUT2D eigenvalue weighted by Crippen LogP contribution is 2.51. The fourth-order valence-corrected chi connectivity index (χ4v) is 4.24. The lowest BCUT2D eigenvalue weighted by Gasteiger charge is -2.29. The quantitative estimate of drug-likeness (QED) is 0.860. The van der Waals surface area contributed by atoms with Crippen LogP contribution in [0.2, 0.25) is 0 Å². The van der Waals surface area contributed by atoms with Gasteiger partial charge in [-0.25, -0.2) is 0 Å². The van der Waals surface area contributed by atoms with Gasteiger partial charge in [-0.1, -0.05) is 0 Å². The first-order valence-corrected chi connectivity index (χ1v) is 9.12.